The molecule has 3 aromatic rings. The highest BCUT2D eigenvalue weighted by Crippen LogP contribution is 2.32. The molecule has 2 unspecified atom stereocenters. The maximum atomic E-state index is 13.8. The van der Waals surface area contributed by atoms with Gasteiger partial charge < -0.3 is 14.2 Å². The molecule has 2 aliphatic heterocycles. The summed E-state index contributed by atoms with van der Waals surface area (Å²) in [6.45, 7) is 5.71. The zero-order valence-corrected chi connectivity index (χ0v) is 21.3. The van der Waals surface area contributed by atoms with E-state index in [0.29, 0.717) is 26.4 Å². The highest BCUT2D eigenvalue weighted by Gasteiger charge is 2.33. The number of benzene rings is 2. The summed E-state index contributed by atoms with van der Waals surface area (Å²) in [5.74, 6) is 1.02. The van der Waals surface area contributed by atoms with Crippen LogP contribution in [0.25, 0.3) is 12.2 Å². The average Bonchev–Trinajstić information content (AvgIpc) is 3.18. The van der Waals surface area contributed by atoms with E-state index in [1.807, 2.05) is 67.6 Å². The molecule has 1 aromatic heterocycles. The van der Waals surface area contributed by atoms with Gasteiger partial charge in [-0.05, 0) is 62.3 Å². The fraction of sp³-hybridized carbons (Fsp3) is 0.250. The predicted molar refractivity (Wildman–Crippen MR) is 139 cm³/mol. The number of ether oxygens (including phenoxy) is 3. The second-order valence-electron chi connectivity index (χ2n) is 8.52. The van der Waals surface area contributed by atoms with Gasteiger partial charge in [0, 0.05) is 5.56 Å². The number of allylic oxidation sites excluding steroid dienone is 1. The highest BCUT2D eigenvalue weighted by atomic mass is 32.1. The van der Waals surface area contributed by atoms with Crippen molar-refractivity contribution in [3.63, 3.8) is 0 Å². The first kappa shape index (κ1) is 23.8. The Morgan fingerprint density at radius 1 is 1.19 bits per heavy atom. The fourth-order valence-electron chi connectivity index (χ4n) is 4.47. The molecule has 0 saturated carbocycles. The van der Waals surface area contributed by atoms with Gasteiger partial charge in [0.05, 0.1) is 35.6 Å². The van der Waals surface area contributed by atoms with E-state index in [2.05, 4.69) is 4.99 Å². The Kier molecular flexibility index (Phi) is 6.36. The Bertz CT molecular complexity index is 1580. The maximum absolute atomic E-state index is 13.8. The normalized spacial score (nSPS) is 19.0. The van der Waals surface area contributed by atoms with Crippen LogP contribution in [0.2, 0.25) is 0 Å². The topological polar surface area (TPSA) is 79.1 Å². The van der Waals surface area contributed by atoms with Gasteiger partial charge in [-0.1, -0.05) is 41.7 Å². The quantitative estimate of drug-likeness (QED) is 0.498. The molecule has 5 rings (SSSR count). The Hall–Kier alpha value is -3.91. The minimum atomic E-state index is -0.664. The molecular weight excluding hydrogens is 476 g/mol. The monoisotopic (exact) mass is 502 g/mol. The van der Waals surface area contributed by atoms with Crippen LogP contribution in [0.3, 0.4) is 0 Å². The molecular formula is C28H26N2O5S. The van der Waals surface area contributed by atoms with E-state index in [-0.39, 0.29) is 18.3 Å². The molecule has 0 amide bonds. The Morgan fingerprint density at radius 2 is 1.94 bits per heavy atom. The highest BCUT2D eigenvalue weighted by molar-refractivity contribution is 7.07. The summed E-state index contributed by atoms with van der Waals surface area (Å²) in [5.41, 5.74) is 3.28. The zero-order chi connectivity index (χ0) is 25.4. The van der Waals surface area contributed by atoms with Gasteiger partial charge >= 0.3 is 5.97 Å². The first-order valence-corrected chi connectivity index (χ1v) is 12.5. The number of carbonyl (C=O) groups excluding carboxylic acids is 1. The number of hydrogen-bond donors (Lipinski definition) is 0. The van der Waals surface area contributed by atoms with Crippen LogP contribution >= 0.6 is 11.3 Å². The number of rotatable bonds is 5. The van der Waals surface area contributed by atoms with Crippen molar-refractivity contribution in [2.45, 2.75) is 32.9 Å². The van der Waals surface area contributed by atoms with Crippen molar-refractivity contribution < 1.29 is 19.0 Å². The largest absolute Gasteiger partial charge is 0.497 e. The van der Waals surface area contributed by atoms with E-state index in [1.165, 1.54) is 11.3 Å². The first-order chi connectivity index (χ1) is 17.4. The molecule has 0 aliphatic carbocycles. The van der Waals surface area contributed by atoms with Gasteiger partial charge in [0.25, 0.3) is 5.56 Å². The maximum Gasteiger partial charge on any atom is 0.338 e. The lowest BCUT2D eigenvalue weighted by Gasteiger charge is -2.24. The van der Waals surface area contributed by atoms with Crippen LogP contribution in [0.1, 0.15) is 37.9 Å². The van der Waals surface area contributed by atoms with Gasteiger partial charge in [-0.15, -0.1) is 0 Å². The number of thiazole rings is 1. The van der Waals surface area contributed by atoms with E-state index in [0.717, 1.165) is 22.4 Å². The zero-order valence-electron chi connectivity index (χ0n) is 20.5. The standard InChI is InChI=1S/C28H26N2O5S/c1-5-34-27(32)24-16(2)29-28-30(25(24)18-10-12-21(33-4)13-11-18)26(31)23(36-28)15-20-14-19-8-6-7-9-22(19)35-17(20)3/h6-15,17,25H,5H2,1-4H3/b23-15-. The summed E-state index contributed by atoms with van der Waals surface area (Å²) >= 11 is 1.30. The van der Waals surface area contributed by atoms with Gasteiger partial charge in [-0.25, -0.2) is 9.79 Å². The molecule has 0 saturated heterocycles. The van der Waals surface area contributed by atoms with Crippen molar-refractivity contribution in [3.8, 4) is 11.5 Å². The van der Waals surface area contributed by atoms with Gasteiger partial charge in [0.15, 0.2) is 4.80 Å². The van der Waals surface area contributed by atoms with Crippen LogP contribution in [-0.2, 0) is 9.53 Å². The fourth-order valence-corrected chi connectivity index (χ4v) is 5.51. The molecule has 7 nitrogen and oxygen atoms in total. The number of methoxy groups -OCH3 is 1. The lowest BCUT2D eigenvalue weighted by Crippen LogP contribution is -2.40. The van der Waals surface area contributed by atoms with Crippen molar-refractivity contribution in [2.24, 2.45) is 4.99 Å². The van der Waals surface area contributed by atoms with E-state index in [4.69, 9.17) is 14.2 Å². The van der Waals surface area contributed by atoms with Gasteiger partial charge in [0.2, 0.25) is 0 Å². The van der Waals surface area contributed by atoms with Gasteiger partial charge in [-0.2, -0.15) is 0 Å². The van der Waals surface area contributed by atoms with Gasteiger partial charge in [-0.3, -0.25) is 9.36 Å². The van der Waals surface area contributed by atoms with Crippen LogP contribution in [0.15, 0.2) is 75.2 Å². The average molecular weight is 503 g/mol. The molecule has 184 valence electrons. The second-order valence-corrected chi connectivity index (χ2v) is 9.53. The van der Waals surface area contributed by atoms with E-state index < -0.39 is 12.0 Å². The summed E-state index contributed by atoms with van der Waals surface area (Å²) in [6.07, 6.45) is 3.68. The minimum Gasteiger partial charge on any atom is -0.497 e. The second kappa shape index (κ2) is 9.62. The Labute approximate surface area is 212 Å². The molecule has 3 heterocycles. The predicted octanol–water partition coefficient (Wildman–Crippen LogP) is 3.62. The van der Waals surface area contributed by atoms with Crippen molar-refractivity contribution in [1.82, 2.24) is 4.57 Å². The first-order valence-electron chi connectivity index (χ1n) is 11.7. The lowest BCUT2D eigenvalue weighted by molar-refractivity contribution is -0.139. The molecule has 2 atom stereocenters. The summed E-state index contributed by atoms with van der Waals surface area (Å²) in [7, 11) is 1.59. The summed E-state index contributed by atoms with van der Waals surface area (Å²) < 4.78 is 18.8. The SMILES string of the molecule is CCOC(=O)C1=C(C)N=c2s/c(=C\C3=Cc4ccccc4OC3C)c(=O)n2C1c1ccc(OC)cc1. The smallest absolute Gasteiger partial charge is 0.338 e. The summed E-state index contributed by atoms with van der Waals surface area (Å²) in [4.78, 5) is 32.0. The number of nitrogens with zero attached hydrogens (tertiary/aromatic N) is 2. The van der Waals surface area contributed by atoms with Crippen molar-refractivity contribution in [3.05, 3.63) is 96.2 Å². The van der Waals surface area contributed by atoms with Crippen molar-refractivity contribution >= 4 is 29.5 Å². The molecule has 0 radical (unpaired) electrons. The van der Waals surface area contributed by atoms with Crippen LogP contribution in [0, 0.1) is 0 Å². The van der Waals surface area contributed by atoms with E-state index in [9.17, 15) is 9.59 Å². The number of fused-ring (bicyclic) bond motifs is 2. The molecule has 2 aliphatic rings. The Morgan fingerprint density at radius 3 is 2.67 bits per heavy atom. The molecule has 0 fully saturated rings. The molecule has 0 N–H and O–H groups in total. The number of esters is 1. The van der Waals surface area contributed by atoms with Crippen LogP contribution < -0.4 is 24.4 Å². The van der Waals surface area contributed by atoms with Crippen LogP contribution in [-0.4, -0.2) is 30.4 Å². The number of carbonyl (C=O) groups is 1. The molecule has 0 bridgehead atoms. The molecule has 36 heavy (non-hydrogen) atoms. The number of hydrogen-bond acceptors (Lipinski definition) is 7. The lowest BCUT2D eigenvalue weighted by atomic mass is 9.96. The van der Waals surface area contributed by atoms with Gasteiger partial charge in [0.1, 0.15) is 17.6 Å². The minimum absolute atomic E-state index is 0.215. The molecule has 8 heteroatoms. The number of aromatic nitrogens is 1. The van der Waals surface area contributed by atoms with Crippen LogP contribution in [0.5, 0.6) is 11.5 Å². The Balaban J connectivity index is 1.68. The third-order valence-electron chi connectivity index (χ3n) is 6.26. The molecule has 0 spiro atoms. The van der Waals surface area contributed by atoms with E-state index >= 15 is 0 Å². The van der Waals surface area contributed by atoms with Crippen molar-refractivity contribution in [1.29, 1.82) is 0 Å². The van der Waals surface area contributed by atoms with E-state index in [1.54, 1.807) is 25.5 Å². The molecule has 2 aromatic carbocycles. The third kappa shape index (κ3) is 4.18. The summed E-state index contributed by atoms with van der Waals surface area (Å²) in [5, 5.41) is 0. The summed E-state index contributed by atoms with van der Waals surface area (Å²) in [6, 6.07) is 14.5. The van der Waals surface area contributed by atoms with Crippen molar-refractivity contribution in [2.75, 3.05) is 13.7 Å². The van der Waals surface area contributed by atoms with Crippen LogP contribution in [0.4, 0.5) is 0 Å². The third-order valence-corrected chi connectivity index (χ3v) is 7.24. The number of para-hydroxylation sites is 1.